The lowest BCUT2D eigenvalue weighted by Gasteiger charge is -1.99. The summed E-state index contributed by atoms with van der Waals surface area (Å²) in [6.07, 6.45) is 2.37. The van der Waals surface area contributed by atoms with Crippen molar-refractivity contribution in [1.82, 2.24) is 4.98 Å². The molecule has 1 rings (SSSR count). The number of pyridine rings is 1. The molecule has 0 radical (unpaired) electrons. The number of nitrogens with zero attached hydrogens (tertiary/aromatic N) is 1. The summed E-state index contributed by atoms with van der Waals surface area (Å²) in [7, 11) is 0. The highest BCUT2D eigenvalue weighted by atomic mass is 35.5. The van der Waals surface area contributed by atoms with Crippen LogP contribution in [0.5, 0.6) is 0 Å². The summed E-state index contributed by atoms with van der Waals surface area (Å²) < 4.78 is 4.88. The molecule has 0 fully saturated rings. The summed E-state index contributed by atoms with van der Waals surface area (Å²) in [5, 5.41) is 0.648. The van der Waals surface area contributed by atoms with Crippen LogP contribution in [0.15, 0.2) is 18.3 Å². The van der Waals surface area contributed by atoms with Crippen LogP contribution in [0.2, 0.25) is 5.02 Å². The van der Waals surface area contributed by atoms with Gasteiger partial charge < -0.3 is 4.74 Å². The normalized spacial score (nSPS) is 8.50. The van der Waals surface area contributed by atoms with Gasteiger partial charge in [0.1, 0.15) is 5.55 Å². The minimum Gasteiger partial charge on any atom is -0.489 e. The Labute approximate surface area is 93.2 Å². The lowest BCUT2D eigenvalue weighted by atomic mass is 10.3. The zero-order valence-electron chi connectivity index (χ0n) is 7.52. The van der Waals surface area contributed by atoms with E-state index in [1.165, 1.54) is 5.55 Å². The third kappa shape index (κ3) is 5.82. The van der Waals surface area contributed by atoms with Crippen molar-refractivity contribution in [3.8, 4) is 0 Å². The maximum atomic E-state index is 5.66. The summed E-state index contributed by atoms with van der Waals surface area (Å²) in [4.78, 5) is 4.09. The quantitative estimate of drug-likeness (QED) is 0.352. The predicted molar refractivity (Wildman–Crippen MR) is 60.9 cm³/mol. The van der Waals surface area contributed by atoms with E-state index in [9.17, 15) is 0 Å². The number of aromatic nitrogens is 1. The number of nitrogens with two attached hydrogens (primary N) is 2. The van der Waals surface area contributed by atoms with Gasteiger partial charge in [0.15, 0.2) is 0 Å². The lowest BCUT2D eigenvalue weighted by Crippen LogP contribution is -2.02. The van der Waals surface area contributed by atoms with Crippen LogP contribution >= 0.6 is 23.8 Å². The molecule has 4 nitrogen and oxygen atoms in total. The molecule has 0 saturated heterocycles. The second-order valence-corrected chi connectivity index (χ2v) is 2.81. The molecule has 0 unspecified atom stereocenters. The van der Waals surface area contributed by atoms with Crippen molar-refractivity contribution in [2.24, 2.45) is 11.7 Å². The van der Waals surface area contributed by atoms with Gasteiger partial charge in [-0.25, -0.2) is 0 Å². The lowest BCUT2D eigenvalue weighted by molar-refractivity contribution is 0.330. The summed E-state index contributed by atoms with van der Waals surface area (Å²) in [5.41, 5.74) is 2.21. The van der Waals surface area contributed by atoms with E-state index in [1.54, 1.807) is 12.3 Å². The number of halogens is 1. The van der Waals surface area contributed by atoms with Crippen LogP contribution < -0.4 is 11.7 Å². The zero-order valence-corrected chi connectivity index (χ0v) is 9.09. The third-order valence-corrected chi connectivity index (χ3v) is 1.69. The fourth-order valence-electron chi connectivity index (χ4n) is 0.766. The van der Waals surface area contributed by atoms with Crippen molar-refractivity contribution >= 4 is 29.4 Å². The van der Waals surface area contributed by atoms with Crippen molar-refractivity contribution in [2.45, 2.75) is 6.42 Å². The first-order chi connectivity index (χ1) is 6.83. The Balaban J connectivity index is 0.000000791. The molecule has 0 aromatic carbocycles. The topological polar surface area (TPSA) is 74.2 Å². The number of rotatable bonds is 4. The Morgan fingerprint density at radius 1 is 1.50 bits per heavy atom. The highest BCUT2D eigenvalue weighted by molar-refractivity contribution is 7.78. The minimum atomic E-state index is 0.568. The molecule has 0 bridgehead atoms. The first kappa shape index (κ1) is 13.2. The Hall–Kier alpha value is -0.750. The van der Waals surface area contributed by atoms with E-state index in [4.69, 9.17) is 16.3 Å². The molecule has 0 aliphatic rings. The van der Waals surface area contributed by atoms with Gasteiger partial charge in [-0.15, -0.1) is 0 Å². The van der Waals surface area contributed by atoms with Crippen LogP contribution in [-0.4, -0.2) is 17.1 Å². The number of hydrogen-bond acceptors (Lipinski definition) is 5. The Kier molecular flexibility index (Phi) is 8.36. The molecule has 1 heterocycles. The van der Waals surface area contributed by atoms with Crippen LogP contribution in [0, 0.1) is 0 Å². The van der Waals surface area contributed by atoms with Gasteiger partial charge in [0.25, 0.3) is 0 Å². The molecule has 1 aromatic rings. The predicted octanol–water partition coefficient (Wildman–Crippen LogP) is 1.07. The minimum absolute atomic E-state index is 0.568. The van der Waals surface area contributed by atoms with E-state index >= 15 is 0 Å². The molecule has 4 N–H and O–H groups in total. The average molecular weight is 234 g/mol. The first-order valence-electron chi connectivity index (χ1n) is 3.82. The average Bonchev–Trinajstić information content (AvgIpc) is 2.24. The van der Waals surface area contributed by atoms with Gasteiger partial charge in [0.05, 0.1) is 11.6 Å². The van der Waals surface area contributed by atoms with E-state index in [-0.39, 0.29) is 0 Å². The highest BCUT2D eigenvalue weighted by Gasteiger charge is 1.93. The highest BCUT2D eigenvalue weighted by Crippen LogP contribution is 2.06. The first-order valence-corrected chi connectivity index (χ1v) is 4.67. The van der Waals surface area contributed by atoms with Gasteiger partial charge in [-0.2, -0.15) is 0 Å². The molecular weight excluding hydrogens is 222 g/mol. The van der Waals surface area contributed by atoms with Gasteiger partial charge >= 0.3 is 0 Å². The van der Waals surface area contributed by atoms with Crippen LogP contribution in [0.4, 0.5) is 0 Å². The molecule has 78 valence electrons. The molecule has 6 heteroatoms. The summed E-state index contributed by atoms with van der Waals surface area (Å²) >= 11 is 10.2. The second-order valence-electron chi connectivity index (χ2n) is 2.18. The van der Waals surface area contributed by atoms with Crippen molar-refractivity contribution in [2.75, 3.05) is 6.61 Å². The maximum Gasteiger partial charge on any atom is 0.146 e. The largest absolute Gasteiger partial charge is 0.489 e. The monoisotopic (exact) mass is 233 g/mol. The van der Waals surface area contributed by atoms with E-state index in [2.05, 4.69) is 28.9 Å². The SMILES string of the molecule is NN.S=COCCc1ccc(Cl)cn1. The van der Waals surface area contributed by atoms with E-state index in [0.717, 1.165) is 12.1 Å². The molecule has 0 aliphatic carbocycles. The third-order valence-electron chi connectivity index (χ3n) is 1.33. The van der Waals surface area contributed by atoms with Gasteiger partial charge in [0, 0.05) is 18.3 Å². The molecule has 0 amide bonds. The van der Waals surface area contributed by atoms with Gasteiger partial charge in [-0.05, 0) is 24.4 Å². The van der Waals surface area contributed by atoms with Crippen molar-refractivity contribution < 1.29 is 4.74 Å². The van der Waals surface area contributed by atoms with Gasteiger partial charge in [0.2, 0.25) is 0 Å². The second kappa shape index (κ2) is 8.83. The maximum absolute atomic E-state index is 5.66. The van der Waals surface area contributed by atoms with Crippen LogP contribution in [0.25, 0.3) is 0 Å². The van der Waals surface area contributed by atoms with Gasteiger partial charge in [-0.3, -0.25) is 16.7 Å². The van der Waals surface area contributed by atoms with Gasteiger partial charge in [-0.1, -0.05) is 11.6 Å². The van der Waals surface area contributed by atoms with Crippen LogP contribution in [0.3, 0.4) is 0 Å². The zero-order chi connectivity index (χ0) is 10.8. The molecule has 0 aliphatic heterocycles. The van der Waals surface area contributed by atoms with E-state index in [0.29, 0.717) is 11.6 Å². The molecule has 0 saturated carbocycles. The number of ether oxygens (including phenoxy) is 1. The summed E-state index contributed by atoms with van der Waals surface area (Å²) in [6, 6.07) is 3.68. The number of hydrazine groups is 1. The fraction of sp³-hybridized carbons (Fsp3) is 0.250. The summed E-state index contributed by atoms with van der Waals surface area (Å²) in [6.45, 7) is 0.568. The Morgan fingerprint density at radius 3 is 2.71 bits per heavy atom. The fourth-order valence-corrected chi connectivity index (χ4v) is 0.974. The standard InChI is InChI=1S/C8H8ClNOS.H4N2/c9-7-1-2-8(10-5-7)3-4-11-6-12;1-2/h1-2,5-6H,3-4H2;1-2H2. The van der Waals surface area contributed by atoms with Crippen molar-refractivity contribution in [3.63, 3.8) is 0 Å². The molecule has 0 atom stereocenters. The number of thiocarbonyl (C=S) groups is 1. The van der Waals surface area contributed by atoms with Crippen LogP contribution in [0.1, 0.15) is 5.69 Å². The van der Waals surface area contributed by atoms with E-state index in [1.807, 2.05) is 6.07 Å². The van der Waals surface area contributed by atoms with Crippen molar-refractivity contribution in [1.29, 1.82) is 0 Å². The number of hydrogen-bond donors (Lipinski definition) is 2. The Bertz CT molecular complexity index is 255. The molecular formula is C8H12ClN3OS. The summed E-state index contributed by atoms with van der Waals surface area (Å²) in [5.74, 6) is 8.00. The van der Waals surface area contributed by atoms with Crippen molar-refractivity contribution in [3.05, 3.63) is 29.0 Å². The molecule has 14 heavy (non-hydrogen) atoms. The Morgan fingerprint density at radius 2 is 2.21 bits per heavy atom. The molecule has 0 spiro atoms. The molecule has 1 aromatic heterocycles. The van der Waals surface area contributed by atoms with Crippen LogP contribution in [-0.2, 0) is 11.2 Å². The van der Waals surface area contributed by atoms with E-state index < -0.39 is 0 Å². The smallest absolute Gasteiger partial charge is 0.146 e.